The molecule has 0 aliphatic carbocycles. The average molecular weight is 488 g/mol. The molecule has 1 N–H and O–H groups in total. The summed E-state index contributed by atoms with van der Waals surface area (Å²) in [5, 5.41) is 3.09. The van der Waals surface area contributed by atoms with Crippen molar-refractivity contribution in [3.63, 3.8) is 0 Å². The van der Waals surface area contributed by atoms with Gasteiger partial charge in [0.1, 0.15) is 11.5 Å². The topological polar surface area (TPSA) is 71.1 Å². The third kappa shape index (κ3) is 5.62. The molecule has 3 amide bonds. The van der Waals surface area contributed by atoms with Gasteiger partial charge >= 0.3 is 6.03 Å². The minimum absolute atomic E-state index is 0.0825. The van der Waals surface area contributed by atoms with Gasteiger partial charge in [-0.2, -0.15) is 0 Å². The van der Waals surface area contributed by atoms with Crippen molar-refractivity contribution in [3.8, 4) is 11.5 Å². The molecule has 1 atom stereocenters. The summed E-state index contributed by atoms with van der Waals surface area (Å²) in [4.78, 5) is 30.4. The lowest BCUT2D eigenvalue weighted by molar-refractivity contribution is -0.117. The largest absolute Gasteiger partial charge is 0.497 e. The van der Waals surface area contributed by atoms with Crippen molar-refractivity contribution in [3.05, 3.63) is 83.9 Å². The van der Waals surface area contributed by atoms with E-state index in [0.717, 1.165) is 17.5 Å². The number of amides is 3. The number of nitrogens with one attached hydrogen (secondary N) is 1. The summed E-state index contributed by atoms with van der Waals surface area (Å²) in [5.74, 6) is 1.02. The lowest BCUT2D eigenvalue weighted by Gasteiger charge is -2.36. The summed E-state index contributed by atoms with van der Waals surface area (Å²) in [6.07, 6.45) is 1.50. The molecule has 3 aromatic carbocycles. The normalized spacial score (nSPS) is 14.4. The average Bonchev–Trinajstić information content (AvgIpc) is 2.91. The predicted octanol–water partition coefficient (Wildman–Crippen LogP) is 5.67. The third-order valence-corrected chi connectivity index (χ3v) is 6.48. The number of rotatable bonds is 9. The number of hydrogen-bond acceptors (Lipinski definition) is 4. The second-order valence-electron chi connectivity index (χ2n) is 8.81. The van der Waals surface area contributed by atoms with E-state index in [0.29, 0.717) is 48.9 Å². The highest BCUT2D eigenvalue weighted by Crippen LogP contribution is 2.31. The molecule has 0 spiro atoms. The molecule has 0 bridgehead atoms. The number of methoxy groups -OCH3 is 2. The van der Waals surface area contributed by atoms with Crippen LogP contribution >= 0.6 is 0 Å². The Morgan fingerprint density at radius 2 is 1.61 bits per heavy atom. The quantitative estimate of drug-likeness (QED) is 0.422. The van der Waals surface area contributed by atoms with Crippen LogP contribution in [0.5, 0.6) is 11.5 Å². The molecule has 3 aromatic rings. The van der Waals surface area contributed by atoms with Crippen LogP contribution in [0.3, 0.4) is 0 Å². The Morgan fingerprint density at radius 1 is 0.944 bits per heavy atom. The number of anilines is 2. The van der Waals surface area contributed by atoms with Crippen molar-refractivity contribution < 1.29 is 19.1 Å². The third-order valence-electron chi connectivity index (χ3n) is 6.48. The molecule has 1 fully saturated rings. The van der Waals surface area contributed by atoms with Crippen LogP contribution in [0.2, 0.25) is 0 Å². The maximum absolute atomic E-state index is 13.6. The minimum atomic E-state index is -0.268. The molecule has 7 nitrogen and oxygen atoms in total. The number of benzene rings is 3. The fourth-order valence-electron chi connectivity index (χ4n) is 4.62. The van der Waals surface area contributed by atoms with Crippen molar-refractivity contribution >= 4 is 23.3 Å². The van der Waals surface area contributed by atoms with Crippen molar-refractivity contribution in [1.29, 1.82) is 0 Å². The van der Waals surface area contributed by atoms with Crippen LogP contribution in [-0.4, -0.2) is 44.1 Å². The van der Waals surface area contributed by atoms with Gasteiger partial charge in [-0.1, -0.05) is 49.4 Å². The molecule has 1 heterocycles. The fraction of sp³-hybridized carbons (Fsp3) is 0.310. The Bertz CT molecular complexity index is 1180. The van der Waals surface area contributed by atoms with Crippen LogP contribution in [0, 0.1) is 0 Å². The standard InChI is InChI=1S/C29H33N3O4/c1-4-25(22-11-6-5-7-12-22)28(33)30-26-13-8-9-14-27(26)32-16-10-15-31(29(32)34)20-21-17-23(35-2)19-24(18-21)36-3/h5-9,11-14,17-19,25H,4,10,15-16,20H2,1-3H3,(H,30,33)/t25-/m0/s1. The van der Waals surface area contributed by atoms with E-state index in [1.54, 1.807) is 19.1 Å². The van der Waals surface area contributed by atoms with Crippen molar-refractivity contribution in [1.82, 2.24) is 4.90 Å². The molecule has 1 aliphatic heterocycles. The van der Waals surface area contributed by atoms with Crippen LogP contribution < -0.4 is 19.7 Å². The zero-order chi connectivity index (χ0) is 25.5. The van der Waals surface area contributed by atoms with Gasteiger partial charge < -0.3 is 19.7 Å². The summed E-state index contributed by atoms with van der Waals surface area (Å²) in [6, 6.07) is 22.8. The number of ether oxygens (including phenoxy) is 2. The predicted molar refractivity (Wildman–Crippen MR) is 142 cm³/mol. The Hall–Kier alpha value is -4.00. The van der Waals surface area contributed by atoms with Gasteiger partial charge in [0.15, 0.2) is 0 Å². The maximum Gasteiger partial charge on any atom is 0.324 e. The first kappa shape index (κ1) is 25.1. The van der Waals surface area contributed by atoms with Crippen LogP contribution in [-0.2, 0) is 11.3 Å². The second kappa shape index (κ2) is 11.6. The Kier molecular flexibility index (Phi) is 8.10. The number of carbonyl (C=O) groups excluding carboxylic acids is 2. The summed E-state index contributed by atoms with van der Waals surface area (Å²) in [5.41, 5.74) is 3.24. The molecule has 7 heteroatoms. The van der Waals surface area contributed by atoms with E-state index in [-0.39, 0.29) is 17.9 Å². The molecule has 36 heavy (non-hydrogen) atoms. The fourth-order valence-corrected chi connectivity index (χ4v) is 4.62. The van der Waals surface area contributed by atoms with Crippen LogP contribution in [0.15, 0.2) is 72.8 Å². The molecule has 0 radical (unpaired) electrons. The first-order valence-electron chi connectivity index (χ1n) is 12.3. The van der Waals surface area contributed by atoms with E-state index >= 15 is 0 Å². The monoisotopic (exact) mass is 487 g/mol. The zero-order valence-corrected chi connectivity index (χ0v) is 21.1. The highest BCUT2D eigenvalue weighted by Gasteiger charge is 2.29. The van der Waals surface area contributed by atoms with E-state index < -0.39 is 0 Å². The van der Waals surface area contributed by atoms with Gasteiger partial charge in [-0.25, -0.2) is 4.79 Å². The summed E-state index contributed by atoms with van der Waals surface area (Å²) >= 11 is 0. The van der Waals surface area contributed by atoms with Gasteiger partial charge in [0.25, 0.3) is 0 Å². The van der Waals surface area contributed by atoms with Gasteiger partial charge in [-0.05, 0) is 48.2 Å². The summed E-state index contributed by atoms with van der Waals surface area (Å²) in [6.45, 7) is 3.67. The lowest BCUT2D eigenvalue weighted by Crippen LogP contribution is -2.49. The van der Waals surface area contributed by atoms with E-state index in [9.17, 15) is 9.59 Å². The van der Waals surface area contributed by atoms with Gasteiger partial charge in [-0.15, -0.1) is 0 Å². The number of urea groups is 1. The first-order chi connectivity index (χ1) is 17.5. The first-order valence-corrected chi connectivity index (χ1v) is 12.3. The van der Waals surface area contributed by atoms with Crippen LogP contribution in [0.25, 0.3) is 0 Å². The van der Waals surface area contributed by atoms with Crippen molar-refractivity contribution in [2.24, 2.45) is 0 Å². The van der Waals surface area contributed by atoms with Gasteiger partial charge in [-0.3, -0.25) is 9.69 Å². The summed E-state index contributed by atoms with van der Waals surface area (Å²) in [7, 11) is 3.22. The Labute approximate surface area is 212 Å². The number of hydrogen-bond donors (Lipinski definition) is 1. The lowest BCUT2D eigenvalue weighted by atomic mass is 9.95. The van der Waals surface area contributed by atoms with Crippen molar-refractivity contribution in [2.45, 2.75) is 32.2 Å². The SMILES string of the molecule is CC[C@H](C(=O)Nc1ccccc1N1CCCN(Cc2cc(OC)cc(OC)c2)C1=O)c1ccccc1. The number of para-hydroxylation sites is 2. The van der Waals surface area contributed by atoms with Gasteiger partial charge in [0, 0.05) is 25.7 Å². The smallest absolute Gasteiger partial charge is 0.324 e. The molecule has 0 unspecified atom stereocenters. The van der Waals surface area contributed by atoms with E-state index in [1.807, 2.05) is 84.6 Å². The Balaban J connectivity index is 1.54. The molecule has 0 aromatic heterocycles. The van der Waals surface area contributed by atoms with Gasteiger partial charge in [0.2, 0.25) is 5.91 Å². The molecule has 1 saturated heterocycles. The molecule has 4 rings (SSSR count). The minimum Gasteiger partial charge on any atom is -0.497 e. The maximum atomic E-state index is 13.6. The van der Waals surface area contributed by atoms with E-state index in [4.69, 9.17) is 9.47 Å². The highest BCUT2D eigenvalue weighted by molar-refractivity contribution is 6.02. The van der Waals surface area contributed by atoms with Crippen LogP contribution in [0.1, 0.15) is 36.8 Å². The zero-order valence-electron chi connectivity index (χ0n) is 21.1. The summed E-state index contributed by atoms with van der Waals surface area (Å²) < 4.78 is 10.8. The van der Waals surface area contributed by atoms with E-state index in [1.165, 1.54) is 0 Å². The number of nitrogens with zero attached hydrogens (tertiary/aromatic N) is 2. The molecule has 1 aliphatic rings. The second-order valence-corrected chi connectivity index (χ2v) is 8.81. The van der Waals surface area contributed by atoms with E-state index in [2.05, 4.69) is 5.32 Å². The highest BCUT2D eigenvalue weighted by atomic mass is 16.5. The Morgan fingerprint density at radius 3 is 2.28 bits per heavy atom. The molecule has 0 saturated carbocycles. The van der Waals surface area contributed by atoms with Crippen LogP contribution in [0.4, 0.5) is 16.2 Å². The molecular weight excluding hydrogens is 454 g/mol. The molecule has 188 valence electrons. The number of carbonyl (C=O) groups is 2. The van der Waals surface area contributed by atoms with Gasteiger partial charge in [0.05, 0.1) is 31.5 Å². The molecular formula is C29H33N3O4. The van der Waals surface area contributed by atoms with Crippen molar-refractivity contribution in [2.75, 3.05) is 37.5 Å².